The van der Waals surface area contributed by atoms with E-state index in [4.69, 9.17) is 9.47 Å². The number of benzene rings is 3. The molecule has 0 aliphatic carbocycles. The van der Waals surface area contributed by atoms with Gasteiger partial charge in [0.15, 0.2) is 0 Å². The lowest BCUT2D eigenvalue weighted by atomic mass is 10.0. The standard InChI is InChI=1S/C25H25NO5S/c27-25(18-20-9-11-23(12-10-20)22-6-2-1-3-7-22)31-19-21-5-4-8-24(17-21)32(28,29)26-13-15-30-16-14-26/h1-12,17H,13-16,18-19H2. The van der Waals surface area contributed by atoms with Gasteiger partial charge in [0, 0.05) is 13.1 Å². The van der Waals surface area contributed by atoms with Crippen LogP contribution in [0.5, 0.6) is 0 Å². The molecule has 1 fully saturated rings. The van der Waals surface area contributed by atoms with Gasteiger partial charge in [-0.15, -0.1) is 0 Å². The van der Waals surface area contributed by atoms with Gasteiger partial charge in [0.05, 0.1) is 24.5 Å². The Kier molecular flexibility index (Phi) is 6.99. The average molecular weight is 452 g/mol. The van der Waals surface area contributed by atoms with Crippen LogP contribution in [-0.4, -0.2) is 45.0 Å². The molecule has 0 amide bonds. The molecule has 32 heavy (non-hydrogen) atoms. The number of esters is 1. The quantitative estimate of drug-likeness (QED) is 0.513. The van der Waals surface area contributed by atoms with Crippen LogP contribution >= 0.6 is 0 Å². The van der Waals surface area contributed by atoms with E-state index < -0.39 is 10.0 Å². The van der Waals surface area contributed by atoms with E-state index in [1.165, 1.54) is 4.31 Å². The fourth-order valence-electron chi connectivity index (χ4n) is 3.56. The normalized spacial score (nSPS) is 14.8. The highest BCUT2D eigenvalue weighted by Crippen LogP contribution is 2.21. The number of carbonyl (C=O) groups excluding carboxylic acids is 1. The van der Waals surface area contributed by atoms with E-state index >= 15 is 0 Å². The molecule has 1 saturated heterocycles. The molecule has 0 saturated carbocycles. The van der Waals surface area contributed by atoms with Crippen LogP contribution in [0.1, 0.15) is 11.1 Å². The molecule has 0 aromatic heterocycles. The number of carbonyl (C=O) groups is 1. The summed E-state index contributed by atoms with van der Waals surface area (Å²) in [5.41, 5.74) is 3.69. The minimum absolute atomic E-state index is 0.0212. The predicted octanol–water partition coefficient (Wildman–Crippen LogP) is 3.66. The Hall–Kier alpha value is -3.00. The number of morpholine rings is 1. The second kappa shape index (κ2) is 10.1. The SMILES string of the molecule is O=C(Cc1ccc(-c2ccccc2)cc1)OCc1cccc(S(=O)(=O)N2CCOCC2)c1. The Labute approximate surface area is 188 Å². The molecule has 4 rings (SSSR count). The molecular formula is C25H25NO5S. The van der Waals surface area contributed by atoms with E-state index in [9.17, 15) is 13.2 Å². The van der Waals surface area contributed by atoms with Gasteiger partial charge in [-0.2, -0.15) is 4.31 Å². The van der Waals surface area contributed by atoms with Crippen LogP contribution < -0.4 is 0 Å². The Bertz CT molecular complexity index is 1150. The molecule has 166 valence electrons. The zero-order valence-electron chi connectivity index (χ0n) is 17.6. The summed E-state index contributed by atoms with van der Waals surface area (Å²) in [4.78, 5) is 12.5. The Balaban J connectivity index is 1.34. The van der Waals surface area contributed by atoms with Crippen molar-refractivity contribution in [3.05, 3.63) is 90.0 Å². The van der Waals surface area contributed by atoms with Crippen LogP contribution in [0, 0.1) is 0 Å². The molecule has 0 atom stereocenters. The third kappa shape index (κ3) is 5.43. The van der Waals surface area contributed by atoms with Crippen molar-refractivity contribution in [1.29, 1.82) is 0 Å². The zero-order chi connectivity index (χ0) is 22.4. The highest BCUT2D eigenvalue weighted by Gasteiger charge is 2.26. The molecule has 1 aliphatic rings. The van der Waals surface area contributed by atoms with Gasteiger partial charge in [-0.1, -0.05) is 66.7 Å². The highest BCUT2D eigenvalue weighted by molar-refractivity contribution is 7.89. The third-order valence-corrected chi connectivity index (χ3v) is 7.21. The first-order valence-electron chi connectivity index (χ1n) is 10.5. The summed E-state index contributed by atoms with van der Waals surface area (Å²) in [5.74, 6) is -0.362. The van der Waals surface area contributed by atoms with Gasteiger partial charge < -0.3 is 9.47 Å². The molecule has 0 unspecified atom stereocenters. The summed E-state index contributed by atoms with van der Waals surface area (Å²) < 4.78 is 37.7. The summed E-state index contributed by atoms with van der Waals surface area (Å²) in [7, 11) is -3.59. The van der Waals surface area contributed by atoms with Crippen molar-refractivity contribution in [3.63, 3.8) is 0 Å². The Morgan fingerprint density at radius 1 is 0.844 bits per heavy atom. The molecule has 6 nitrogen and oxygen atoms in total. The smallest absolute Gasteiger partial charge is 0.310 e. The predicted molar refractivity (Wildman–Crippen MR) is 121 cm³/mol. The average Bonchev–Trinajstić information content (AvgIpc) is 2.84. The summed E-state index contributed by atoms with van der Waals surface area (Å²) in [6, 6.07) is 24.4. The minimum atomic E-state index is -3.59. The molecule has 0 spiro atoms. The first kappa shape index (κ1) is 22.2. The van der Waals surface area contributed by atoms with E-state index in [0.29, 0.717) is 31.9 Å². The van der Waals surface area contributed by atoms with Gasteiger partial charge in [-0.05, 0) is 34.4 Å². The molecule has 1 aliphatic heterocycles. The van der Waals surface area contributed by atoms with E-state index in [1.54, 1.807) is 24.3 Å². The topological polar surface area (TPSA) is 72.9 Å². The van der Waals surface area contributed by atoms with Gasteiger partial charge >= 0.3 is 5.97 Å². The van der Waals surface area contributed by atoms with Crippen LogP contribution in [0.15, 0.2) is 83.8 Å². The maximum atomic E-state index is 12.8. The molecule has 3 aromatic carbocycles. The summed E-state index contributed by atoms with van der Waals surface area (Å²) in [6.45, 7) is 1.48. The third-order valence-electron chi connectivity index (χ3n) is 5.32. The maximum absolute atomic E-state index is 12.8. The lowest BCUT2D eigenvalue weighted by Gasteiger charge is -2.26. The van der Waals surface area contributed by atoms with Crippen molar-refractivity contribution in [2.24, 2.45) is 0 Å². The molecular weight excluding hydrogens is 426 g/mol. The van der Waals surface area contributed by atoms with Gasteiger partial charge in [-0.3, -0.25) is 4.79 Å². The summed E-state index contributed by atoms with van der Waals surface area (Å²) >= 11 is 0. The van der Waals surface area contributed by atoms with Crippen molar-refractivity contribution in [2.75, 3.05) is 26.3 Å². The molecule has 0 radical (unpaired) electrons. The van der Waals surface area contributed by atoms with E-state index in [-0.39, 0.29) is 23.9 Å². The molecule has 0 N–H and O–H groups in total. The van der Waals surface area contributed by atoms with Crippen LogP contribution in [0.2, 0.25) is 0 Å². The van der Waals surface area contributed by atoms with Crippen molar-refractivity contribution >= 4 is 16.0 Å². The van der Waals surface area contributed by atoms with Crippen LogP contribution in [0.4, 0.5) is 0 Å². The number of nitrogens with zero attached hydrogens (tertiary/aromatic N) is 1. The Morgan fingerprint density at radius 2 is 1.53 bits per heavy atom. The number of sulfonamides is 1. The van der Waals surface area contributed by atoms with Crippen LogP contribution in [0.25, 0.3) is 11.1 Å². The van der Waals surface area contributed by atoms with Crippen molar-refractivity contribution in [2.45, 2.75) is 17.9 Å². The van der Waals surface area contributed by atoms with Gasteiger partial charge in [-0.25, -0.2) is 8.42 Å². The van der Waals surface area contributed by atoms with Crippen molar-refractivity contribution < 1.29 is 22.7 Å². The van der Waals surface area contributed by atoms with Crippen LogP contribution in [0.3, 0.4) is 0 Å². The number of hydrogen-bond donors (Lipinski definition) is 0. The largest absolute Gasteiger partial charge is 0.461 e. The van der Waals surface area contributed by atoms with Crippen molar-refractivity contribution in [3.8, 4) is 11.1 Å². The maximum Gasteiger partial charge on any atom is 0.310 e. The molecule has 0 bridgehead atoms. The first-order valence-corrected chi connectivity index (χ1v) is 11.9. The lowest BCUT2D eigenvalue weighted by molar-refractivity contribution is -0.144. The monoisotopic (exact) mass is 451 g/mol. The molecule has 3 aromatic rings. The molecule has 1 heterocycles. The molecule has 7 heteroatoms. The number of hydrogen-bond acceptors (Lipinski definition) is 5. The van der Waals surface area contributed by atoms with Crippen LogP contribution in [-0.2, 0) is 37.3 Å². The number of ether oxygens (including phenoxy) is 2. The Morgan fingerprint density at radius 3 is 2.25 bits per heavy atom. The first-order chi connectivity index (χ1) is 15.5. The minimum Gasteiger partial charge on any atom is -0.461 e. The van der Waals surface area contributed by atoms with E-state index in [2.05, 4.69) is 0 Å². The lowest BCUT2D eigenvalue weighted by Crippen LogP contribution is -2.40. The second-order valence-corrected chi connectivity index (χ2v) is 9.50. The van der Waals surface area contributed by atoms with E-state index in [0.717, 1.165) is 16.7 Å². The van der Waals surface area contributed by atoms with E-state index in [1.807, 2.05) is 54.6 Å². The fraction of sp³-hybridized carbons (Fsp3) is 0.240. The number of rotatable bonds is 7. The zero-order valence-corrected chi connectivity index (χ0v) is 18.5. The highest BCUT2D eigenvalue weighted by atomic mass is 32.2. The fourth-order valence-corrected chi connectivity index (χ4v) is 5.04. The van der Waals surface area contributed by atoms with Crippen molar-refractivity contribution in [1.82, 2.24) is 4.31 Å². The second-order valence-electron chi connectivity index (χ2n) is 7.56. The van der Waals surface area contributed by atoms with Gasteiger partial charge in [0.1, 0.15) is 6.61 Å². The summed E-state index contributed by atoms with van der Waals surface area (Å²) in [6.07, 6.45) is 0.154. The summed E-state index contributed by atoms with van der Waals surface area (Å²) in [5, 5.41) is 0. The van der Waals surface area contributed by atoms with Gasteiger partial charge in [0.2, 0.25) is 10.0 Å². The van der Waals surface area contributed by atoms with Gasteiger partial charge in [0.25, 0.3) is 0 Å².